The van der Waals surface area contributed by atoms with Crippen molar-refractivity contribution < 1.29 is 61.9 Å². The van der Waals surface area contributed by atoms with Crippen LogP contribution in [0, 0.1) is 5.82 Å². The Bertz CT molecular complexity index is 780. The summed E-state index contributed by atoms with van der Waals surface area (Å²) < 4.78 is 169. The predicted octanol–water partition coefficient (Wildman–Crippen LogP) is 5.86. The van der Waals surface area contributed by atoms with Gasteiger partial charge in [-0.3, -0.25) is 4.79 Å². The van der Waals surface area contributed by atoms with Gasteiger partial charge in [0.05, 0.1) is 5.02 Å². The average molecular weight is 474 g/mol. The number of carbonyl (C=O) groups is 1. The number of hydrogen-bond donors (Lipinski definition) is 1. The molecule has 29 heavy (non-hydrogen) atoms. The number of hydrogen-bond acceptors (Lipinski definition) is 1. The van der Waals surface area contributed by atoms with Gasteiger partial charge in [0.15, 0.2) is 0 Å². The Kier molecular flexibility index (Phi) is 6.40. The van der Waals surface area contributed by atoms with Crippen LogP contribution < -0.4 is 5.32 Å². The zero-order chi connectivity index (χ0) is 23.2. The molecule has 1 amide bonds. The predicted molar refractivity (Wildman–Crippen MR) is 70.8 cm³/mol. The lowest BCUT2D eigenvalue weighted by Gasteiger charge is -2.38. The fraction of sp³-hybridized carbons (Fsp3) is 0.462. The van der Waals surface area contributed by atoms with Gasteiger partial charge >= 0.3 is 41.9 Å². The first-order valence-electron chi connectivity index (χ1n) is 6.69. The van der Waals surface area contributed by atoms with Crippen LogP contribution in [0.3, 0.4) is 0 Å². The van der Waals surface area contributed by atoms with Crippen LogP contribution in [-0.2, 0) is 4.79 Å². The second kappa shape index (κ2) is 7.40. The Morgan fingerprint density at radius 2 is 1.34 bits per heavy atom. The maximum atomic E-state index is 13.6. The van der Waals surface area contributed by atoms with E-state index in [2.05, 4.69) is 0 Å². The number of rotatable bonds is 7. The highest BCUT2D eigenvalue weighted by molar-refractivity contribution is 6.31. The van der Waals surface area contributed by atoms with E-state index in [-0.39, 0.29) is 0 Å². The Hall–Kier alpha value is -1.93. The van der Waals surface area contributed by atoms with Crippen LogP contribution in [-0.4, -0.2) is 41.9 Å². The molecule has 0 radical (unpaired) electrons. The van der Waals surface area contributed by atoms with Gasteiger partial charge in [0.25, 0.3) is 0 Å². The minimum Gasteiger partial charge on any atom is -0.321 e. The van der Waals surface area contributed by atoms with Gasteiger partial charge in [0, 0.05) is 5.69 Å². The molecule has 16 heteroatoms. The second-order valence-corrected chi connectivity index (χ2v) is 5.71. The summed E-state index contributed by atoms with van der Waals surface area (Å²) in [7, 11) is 0. The third-order valence-electron chi connectivity index (χ3n) is 3.34. The van der Waals surface area contributed by atoms with Crippen molar-refractivity contribution in [2.75, 3.05) is 5.32 Å². The van der Waals surface area contributed by atoms with E-state index >= 15 is 0 Å². The van der Waals surface area contributed by atoms with Gasteiger partial charge < -0.3 is 5.32 Å². The van der Waals surface area contributed by atoms with Crippen LogP contribution >= 0.6 is 11.6 Å². The number of benzene rings is 1. The Balaban J connectivity index is 3.35. The van der Waals surface area contributed by atoms with E-state index in [9.17, 15) is 61.9 Å². The van der Waals surface area contributed by atoms with Crippen LogP contribution in [0.2, 0.25) is 5.02 Å². The lowest BCUT2D eigenvalue weighted by atomic mass is 9.94. The molecule has 0 saturated carbocycles. The number of amides is 1. The van der Waals surface area contributed by atoms with Gasteiger partial charge in [-0.2, -0.15) is 43.9 Å². The SMILES string of the molecule is O=C(Nc1ccc(F)c(Cl)c1)C(F)(F)C(F)(F)C(F)(F)C(F)(F)C(F)(F)C(F)F. The molecule has 166 valence electrons. The summed E-state index contributed by atoms with van der Waals surface area (Å²) in [5, 5.41) is -0.0756. The first-order valence-corrected chi connectivity index (χ1v) is 7.06. The molecule has 0 saturated heterocycles. The van der Waals surface area contributed by atoms with Crippen LogP contribution in [0.4, 0.5) is 62.8 Å². The molecule has 0 aliphatic carbocycles. The standard InChI is InChI=1S/C13H5ClF13NO/c14-5-3-4(1-2-6(5)15)28-8(29)10(20,21)12(24,25)13(26,27)11(22,23)9(18,19)7(16)17/h1-3,7H,(H,28,29). The van der Waals surface area contributed by atoms with Crippen molar-refractivity contribution in [1.82, 2.24) is 0 Å². The van der Waals surface area contributed by atoms with Crippen LogP contribution in [0.1, 0.15) is 0 Å². The monoisotopic (exact) mass is 473 g/mol. The number of anilines is 1. The summed E-state index contributed by atoms with van der Waals surface area (Å²) in [5.41, 5.74) is -1.01. The average Bonchev–Trinajstić information content (AvgIpc) is 2.57. The zero-order valence-electron chi connectivity index (χ0n) is 13.0. The van der Waals surface area contributed by atoms with Gasteiger partial charge in [-0.1, -0.05) is 11.6 Å². The lowest BCUT2D eigenvalue weighted by Crippen LogP contribution is -2.70. The molecule has 0 atom stereocenters. The van der Waals surface area contributed by atoms with Crippen molar-refractivity contribution in [1.29, 1.82) is 0 Å². The fourth-order valence-electron chi connectivity index (χ4n) is 1.67. The number of nitrogens with one attached hydrogen (secondary N) is 1. The number of halogens is 14. The molecule has 1 N–H and O–H groups in total. The van der Waals surface area contributed by atoms with E-state index in [0.29, 0.717) is 18.2 Å². The highest BCUT2D eigenvalue weighted by Gasteiger charge is 2.89. The van der Waals surface area contributed by atoms with Crippen molar-refractivity contribution in [2.45, 2.75) is 36.0 Å². The Morgan fingerprint density at radius 1 is 0.862 bits per heavy atom. The molecule has 0 spiro atoms. The molecule has 2 nitrogen and oxygen atoms in total. The topological polar surface area (TPSA) is 29.1 Å². The summed E-state index contributed by atoms with van der Waals surface area (Å²) in [6.07, 6.45) is -5.65. The lowest BCUT2D eigenvalue weighted by molar-refractivity contribution is -0.406. The van der Waals surface area contributed by atoms with Crippen molar-refractivity contribution >= 4 is 23.2 Å². The molecule has 0 fully saturated rings. The maximum Gasteiger partial charge on any atom is 0.393 e. The summed E-state index contributed by atoms with van der Waals surface area (Å²) in [5.74, 6) is -41.8. The van der Waals surface area contributed by atoms with Crippen LogP contribution in [0.25, 0.3) is 0 Å². The Morgan fingerprint density at radius 3 is 1.76 bits per heavy atom. The van der Waals surface area contributed by atoms with Crippen molar-refractivity contribution in [3.8, 4) is 0 Å². The van der Waals surface area contributed by atoms with E-state index in [1.54, 1.807) is 0 Å². The minimum absolute atomic E-state index is 0.320. The van der Waals surface area contributed by atoms with Gasteiger partial charge in [-0.05, 0) is 18.2 Å². The van der Waals surface area contributed by atoms with Gasteiger partial charge in [-0.15, -0.1) is 0 Å². The molecule has 1 aromatic rings. The van der Waals surface area contributed by atoms with E-state index in [4.69, 9.17) is 11.6 Å². The van der Waals surface area contributed by atoms with Crippen LogP contribution in [0.5, 0.6) is 0 Å². The van der Waals surface area contributed by atoms with Gasteiger partial charge in [0.2, 0.25) is 0 Å². The molecular formula is C13H5ClF13NO. The van der Waals surface area contributed by atoms with E-state index in [1.807, 2.05) is 0 Å². The van der Waals surface area contributed by atoms with Crippen molar-refractivity contribution in [3.05, 3.63) is 29.0 Å². The molecule has 1 aromatic carbocycles. The van der Waals surface area contributed by atoms with Gasteiger partial charge in [-0.25, -0.2) is 13.2 Å². The highest BCUT2D eigenvalue weighted by Crippen LogP contribution is 2.58. The quantitative estimate of drug-likeness (QED) is 0.494. The number of carbonyl (C=O) groups excluding carboxylic acids is 1. The molecule has 0 bridgehead atoms. The van der Waals surface area contributed by atoms with Crippen molar-refractivity contribution in [3.63, 3.8) is 0 Å². The third-order valence-corrected chi connectivity index (χ3v) is 3.63. The number of alkyl halides is 12. The molecule has 1 rings (SSSR count). The second-order valence-electron chi connectivity index (χ2n) is 5.30. The van der Waals surface area contributed by atoms with E-state index in [1.165, 1.54) is 0 Å². The first kappa shape index (κ1) is 25.1. The smallest absolute Gasteiger partial charge is 0.321 e. The molecule has 0 aliphatic heterocycles. The third kappa shape index (κ3) is 3.80. The summed E-state index contributed by atoms with van der Waals surface area (Å²) in [4.78, 5) is 11.2. The van der Waals surface area contributed by atoms with E-state index < -0.39 is 58.5 Å². The van der Waals surface area contributed by atoms with Crippen molar-refractivity contribution in [2.24, 2.45) is 0 Å². The highest BCUT2D eigenvalue weighted by atomic mass is 35.5. The fourth-order valence-corrected chi connectivity index (χ4v) is 1.85. The Labute approximate surface area is 156 Å². The van der Waals surface area contributed by atoms with Crippen LogP contribution in [0.15, 0.2) is 18.2 Å². The summed E-state index contributed by atoms with van der Waals surface area (Å²) in [6.45, 7) is 0. The zero-order valence-corrected chi connectivity index (χ0v) is 13.8. The summed E-state index contributed by atoms with van der Waals surface area (Å²) in [6, 6.07) is 1.12. The van der Waals surface area contributed by atoms with E-state index in [0.717, 1.165) is 5.32 Å². The maximum absolute atomic E-state index is 13.6. The largest absolute Gasteiger partial charge is 0.393 e. The molecule has 0 heterocycles. The summed E-state index contributed by atoms with van der Waals surface area (Å²) >= 11 is 5.18. The minimum atomic E-state index is -7.83. The molecule has 0 aromatic heterocycles. The first-order chi connectivity index (χ1) is 12.7. The normalized spacial score (nSPS) is 14.3. The molecule has 0 unspecified atom stereocenters. The molecule has 0 aliphatic rings. The van der Waals surface area contributed by atoms with Gasteiger partial charge in [0.1, 0.15) is 5.82 Å². The molecular weight excluding hydrogens is 469 g/mol.